The van der Waals surface area contributed by atoms with Crippen molar-refractivity contribution in [1.29, 1.82) is 0 Å². The fourth-order valence-corrected chi connectivity index (χ4v) is 2.94. The zero-order valence-corrected chi connectivity index (χ0v) is 12.4. The second kappa shape index (κ2) is 7.02. The monoisotopic (exact) mass is 297 g/mol. The molecule has 0 aliphatic carbocycles. The maximum absolute atomic E-state index is 11.1. The number of halogens is 1. The Hall–Kier alpha value is -1.17. The van der Waals surface area contributed by atoms with Crippen LogP contribution in [0.4, 0.5) is 5.69 Å². The second-order valence-electron chi connectivity index (χ2n) is 5.07. The molecule has 1 aromatic carbocycles. The Kier molecular flexibility index (Phi) is 5.34. The predicted molar refractivity (Wildman–Crippen MR) is 80.1 cm³/mol. The van der Waals surface area contributed by atoms with Crippen LogP contribution in [-0.2, 0) is 6.54 Å². The Labute approximate surface area is 124 Å². The Bertz CT molecular complexity index is 475. The van der Waals surface area contributed by atoms with Gasteiger partial charge in [-0.2, -0.15) is 0 Å². The fourth-order valence-electron chi connectivity index (χ4n) is 2.75. The number of nitrogens with zero attached hydrogens (tertiary/aromatic N) is 2. The van der Waals surface area contributed by atoms with Gasteiger partial charge in [0.05, 0.1) is 4.92 Å². The summed E-state index contributed by atoms with van der Waals surface area (Å²) in [4.78, 5) is 13.1. The highest BCUT2D eigenvalue weighted by atomic mass is 35.5. The van der Waals surface area contributed by atoms with Gasteiger partial charge in [0.25, 0.3) is 5.69 Å². The first-order valence-electron chi connectivity index (χ1n) is 6.99. The highest BCUT2D eigenvalue weighted by Crippen LogP contribution is 2.25. The Morgan fingerprint density at radius 1 is 1.45 bits per heavy atom. The Morgan fingerprint density at radius 3 is 2.75 bits per heavy atom. The van der Waals surface area contributed by atoms with Crippen LogP contribution in [0.15, 0.2) is 18.2 Å². The number of nitro groups is 1. The maximum atomic E-state index is 11.1. The van der Waals surface area contributed by atoms with E-state index in [1.54, 1.807) is 12.1 Å². The number of nitrogens with one attached hydrogen (secondary N) is 1. The van der Waals surface area contributed by atoms with Gasteiger partial charge in [0.1, 0.15) is 0 Å². The van der Waals surface area contributed by atoms with Crippen LogP contribution in [0.2, 0.25) is 5.02 Å². The molecular weight excluding hydrogens is 278 g/mol. The highest BCUT2D eigenvalue weighted by molar-refractivity contribution is 6.30. The second-order valence-corrected chi connectivity index (χ2v) is 5.51. The van der Waals surface area contributed by atoms with E-state index in [1.165, 1.54) is 6.07 Å². The number of hydrogen-bond donors (Lipinski definition) is 1. The molecule has 0 aromatic heterocycles. The Morgan fingerprint density at radius 2 is 2.15 bits per heavy atom. The van der Waals surface area contributed by atoms with Crippen LogP contribution >= 0.6 is 11.6 Å². The van der Waals surface area contributed by atoms with Crippen molar-refractivity contribution >= 4 is 17.3 Å². The zero-order valence-electron chi connectivity index (χ0n) is 11.6. The van der Waals surface area contributed by atoms with Crippen LogP contribution in [0, 0.1) is 10.1 Å². The minimum absolute atomic E-state index is 0.154. The molecule has 1 fully saturated rings. The minimum Gasteiger partial charge on any atom is -0.317 e. The number of benzene rings is 1. The van der Waals surface area contributed by atoms with E-state index in [0.29, 0.717) is 23.2 Å². The van der Waals surface area contributed by atoms with Crippen LogP contribution in [0.1, 0.15) is 25.3 Å². The highest BCUT2D eigenvalue weighted by Gasteiger charge is 2.23. The van der Waals surface area contributed by atoms with E-state index in [1.807, 2.05) is 0 Å². The average Bonchev–Trinajstić information content (AvgIpc) is 2.45. The van der Waals surface area contributed by atoms with E-state index in [9.17, 15) is 10.1 Å². The van der Waals surface area contributed by atoms with Crippen LogP contribution in [0.3, 0.4) is 0 Å². The topological polar surface area (TPSA) is 58.4 Å². The standard InChI is InChI=1S/C14H20ClN3O2/c1-2-17(13-5-7-16-8-6-13)10-11-9-12(15)3-4-14(11)18(19)20/h3-4,9,13,16H,2,5-8,10H2,1H3. The van der Waals surface area contributed by atoms with Crippen molar-refractivity contribution in [2.24, 2.45) is 0 Å². The summed E-state index contributed by atoms with van der Waals surface area (Å²) in [7, 11) is 0. The van der Waals surface area contributed by atoms with Crippen LogP contribution < -0.4 is 5.32 Å². The lowest BCUT2D eigenvalue weighted by Crippen LogP contribution is -2.42. The number of nitro benzene ring substituents is 1. The molecule has 6 heteroatoms. The average molecular weight is 298 g/mol. The normalized spacial score (nSPS) is 16.6. The molecule has 5 nitrogen and oxygen atoms in total. The molecule has 0 bridgehead atoms. The molecular formula is C14H20ClN3O2. The van der Waals surface area contributed by atoms with Crippen molar-refractivity contribution in [3.8, 4) is 0 Å². The van der Waals surface area contributed by atoms with E-state index in [0.717, 1.165) is 32.5 Å². The van der Waals surface area contributed by atoms with Crippen molar-refractivity contribution in [1.82, 2.24) is 10.2 Å². The lowest BCUT2D eigenvalue weighted by atomic mass is 10.0. The summed E-state index contributed by atoms with van der Waals surface area (Å²) in [6.07, 6.45) is 2.17. The van der Waals surface area contributed by atoms with Gasteiger partial charge in [-0.25, -0.2) is 0 Å². The van der Waals surface area contributed by atoms with Gasteiger partial charge in [0.2, 0.25) is 0 Å². The molecule has 1 aliphatic rings. The van der Waals surface area contributed by atoms with Crippen LogP contribution in [-0.4, -0.2) is 35.5 Å². The van der Waals surface area contributed by atoms with Gasteiger partial charge in [0, 0.05) is 29.2 Å². The van der Waals surface area contributed by atoms with Crippen molar-refractivity contribution < 1.29 is 4.92 Å². The molecule has 1 N–H and O–H groups in total. The van der Waals surface area contributed by atoms with Gasteiger partial charge in [0.15, 0.2) is 0 Å². The molecule has 0 unspecified atom stereocenters. The van der Waals surface area contributed by atoms with Gasteiger partial charge < -0.3 is 5.32 Å². The van der Waals surface area contributed by atoms with E-state index >= 15 is 0 Å². The molecule has 1 saturated heterocycles. The summed E-state index contributed by atoms with van der Waals surface area (Å²) in [6.45, 7) is 5.59. The van der Waals surface area contributed by atoms with Crippen molar-refractivity contribution in [3.63, 3.8) is 0 Å². The molecule has 0 atom stereocenters. The molecule has 0 radical (unpaired) electrons. The minimum atomic E-state index is -0.331. The third kappa shape index (κ3) is 3.69. The lowest BCUT2D eigenvalue weighted by molar-refractivity contribution is -0.385. The maximum Gasteiger partial charge on any atom is 0.273 e. The van der Waals surface area contributed by atoms with E-state index in [4.69, 9.17) is 11.6 Å². The van der Waals surface area contributed by atoms with Crippen molar-refractivity contribution in [3.05, 3.63) is 38.9 Å². The van der Waals surface area contributed by atoms with E-state index in [2.05, 4.69) is 17.1 Å². The molecule has 2 rings (SSSR count). The van der Waals surface area contributed by atoms with E-state index in [-0.39, 0.29) is 10.6 Å². The smallest absolute Gasteiger partial charge is 0.273 e. The third-order valence-electron chi connectivity index (χ3n) is 3.84. The number of hydrogen-bond acceptors (Lipinski definition) is 4. The molecule has 1 aromatic rings. The van der Waals surface area contributed by atoms with Gasteiger partial charge in [-0.15, -0.1) is 0 Å². The first-order chi connectivity index (χ1) is 9.61. The van der Waals surface area contributed by atoms with Crippen LogP contribution in [0.5, 0.6) is 0 Å². The summed E-state index contributed by atoms with van der Waals surface area (Å²) in [5.74, 6) is 0. The number of piperidine rings is 1. The summed E-state index contributed by atoms with van der Waals surface area (Å²) >= 11 is 5.98. The molecule has 0 spiro atoms. The van der Waals surface area contributed by atoms with Gasteiger partial charge >= 0.3 is 0 Å². The van der Waals surface area contributed by atoms with Crippen LogP contribution in [0.25, 0.3) is 0 Å². The largest absolute Gasteiger partial charge is 0.317 e. The van der Waals surface area contributed by atoms with Gasteiger partial charge in [-0.1, -0.05) is 18.5 Å². The first-order valence-corrected chi connectivity index (χ1v) is 7.37. The summed E-state index contributed by atoms with van der Waals surface area (Å²) in [5, 5.41) is 15.0. The van der Waals surface area contributed by atoms with Gasteiger partial charge in [-0.3, -0.25) is 15.0 Å². The SMILES string of the molecule is CCN(Cc1cc(Cl)ccc1[N+](=O)[O-])C1CCNCC1. The first kappa shape index (κ1) is 15.2. The quantitative estimate of drug-likeness (QED) is 0.671. The predicted octanol–water partition coefficient (Wildman–Crippen LogP) is 2.82. The molecule has 0 saturated carbocycles. The van der Waals surface area contributed by atoms with Crippen molar-refractivity contribution in [2.45, 2.75) is 32.4 Å². The fraction of sp³-hybridized carbons (Fsp3) is 0.571. The van der Waals surface area contributed by atoms with E-state index < -0.39 is 0 Å². The Balaban J connectivity index is 2.17. The molecule has 1 heterocycles. The summed E-state index contributed by atoms with van der Waals surface area (Å²) in [5.41, 5.74) is 0.852. The number of rotatable bonds is 5. The molecule has 20 heavy (non-hydrogen) atoms. The summed E-state index contributed by atoms with van der Waals surface area (Å²) < 4.78 is 0. The third-order valence-corrected chi connectivity index (χ3v) is 4.08. The zero-order chi connectivity index (χ0) is 14.5. The molecule has 110 valence electrons. The summed E-state index contributed by atoms with van der Waals surface area (Å²) in [6, 6.07) is 5.27. The lowest BCUT2D eigenvalue weighted by Gasteiger charge is -2.33. The van der Waals surface area contributed by atoms with Crippen molar-refractivity contribution in [2.75, 3.05) is 19.6 Å². The van der Waals surface area contributed by atoms with Gasteiger partial charge in [-0.05, 0) is 44.6 Å². The molecule has 0 amide bonds. The molecule has 1 aliphatic heterocycles.